The highest BCUT2D eigenvalue weighted by Crippen LogP contribution is 2.22. The number of hydrogen-bond acceptors (Lipinski definition) is 4. The molecule has 0 atom stereocenters. The molecule has 9 heteroatoms. The van der Waals surface area contributed by atoms with Gasteiger partial charge in [-0.05, 0) is 56.3 Å². The number of guanidine groups is 1. The number of amides is 1. The number of benzene rings is 1. The number of nitrogens with one attached hydrogen (secondary N) is 2. The lowest BCUT2D eigenvalue weighted by Gasteiger charge is -2.34. The lowest BCUT2D eigenvalue weighted by atomic mass is 9.96. The normalized spacial score (nSPS) is 18.9. The van der Waals surface area contributed by atoms with Crippen LogP contribution >= 0.6 is 35.6 Å². The number of likely N-dealkylation sites (tertiary alicyclic amines) is 2. The molecular formula is C22H35ClIN5O2. The van der Waals surface area contributed by atoms with Crippen LogP contribution in [0.3, 0.4) is 0 Å². The average molecular weight is 564 g/mol. The second-order valence-corrected chi connectivity index (χ2v) is 8.55. The van der Waals surface area contributed by atoms with Gasteiger partial charge < -0.3 is 20.3 Å². The fourth-order valence-corrected chi connectivity index (χ4v) is 4.38. The summed E-state index contributed by atoms with van der Waals surface area (Å²) in [5.74, 6) is 1.50. The molecule has 7 nitrogen and oxygen atoms in total. The standard InChI is InChI=1S/C22H34ClN5O2.HI/c1-24-21(26-19-9-13-28(14-10-19)22(29)30-2)25-15-17-7-11-27(12-8-17)16-18-5-3-4-6-20(18)23;/h3-6,17,19H,7-16H2,1-2H3,(H2,24,25,26);1H. The topological polar surface area (TPSA) is 69.2 Å². The maximum atomic E-state index is 11.6. The third-order valence-corrected chi connectivity index (χ3v) is 6.48. The first-order chi connectivity index (χ1) is 14.6. The highest BCUT2D eigenvalue weighted by molar-refractivity contribution is 14.0. The molecule has 3 rings (SSSR count). The molecule has 2 aliphatic heterocycles. The largest absolute Gasteiger partial charge is 0.453 e. The Morgan fingerprint density at radius 2 is 1.84 bits per heavy atom. The van der Waals surface area contributed by atoms with Crippen molar-refractivity contribution in [2.75, 3.05) is 46.9 Å². The van der Waals surface area contributed by atoms with Crippen molar-refractivity contribution in [2.24, 2.45) is 10.9 Å². The molecule has 0 unspecified atom stereocenters. The average Bonchev–Trinajstić information content (AvgIpc) is 2.79. The number of carbonyl (C=O) groups is 1. The van der Waals surface area contributed by atoms with Gasteiger partial charge in [0.1, 0.15) is 0 Å². The van der Waals surface area contributed by atoms with E-state index in [1.807, 2.05) is 19.2 Å². The van der Waals surface area contributed by atoms with E-state index in [1.165, 1.54) is 25.5 Å². The van der Waals surface area contributed by atoms with Crippen molar-refractivity contribution in [3.63, 3.8) is 0 Å². The van der Waals surface area contributed by atoms with Gasteiger partial charge in [-0.2, -0.15) is 0 Å². The van der Waals surface area contributed by atoms with Crippen molar-refractivity contribution in [1.82, 2.24) is 20.4 Å². The van der Waals surface area contributed by atoms with Crippen molar-refractivity contribution in [1.29, 1.82) is 0 Å². The van der Waals surface area contributed by atoms with Gasteiger partial charge in [0, 0.05) is 44.3 Å². The molecule has 31 heavy (non-hydrogen) atoms. The number of carbonyl (C=O) groups excluding carboxylic acids is 1. The first-order valence-corrected chi connectivity index (χ1v) is 11.2. The second-order valence-electron chi connectivity index (χ2n) is 8.14. The van der Waals surface area contributed by atoms with Gasteiger partial charge in [-0.3, -0.25) is 9.89 Å². The van der Waals surface area contributed by atoms with Crippen molar-refractivity contribution >= 4 is 47.6 Å². The van der Waals surface area contributed by atoms with Crippen molar-refractivity contribution in [2.45, 2.75) is 38.3 Å². The van der Waals surface area contributed by atoms with Crippen LogP contribution in [0.5, 0.6) is 0 Å². The molecule has 2 saturated heterocycles. The molecule has 0 saturated carbocycles. The number of rotatable bonds is 5. The number of aliphatic imine (C=N–C) groups is 1. The lowest BCUT2D eigenvalue weighted by molar-refractivity contribution is 0.111. The van der Waals surface area contributed by atoms with Crippen LogP contribution in [0, 0.1) is 5.92 Å². The van der Waals surface area contributed by atoms with Crippen molar-refractivity contribution in [3.8, 4) is 0 Å². The summed E-state index contributed by atoms with van der Waals surface area (Å²) < 4.78 is 4.80. The summed E-state index contributed by atoms with van der Waals surface area (Å²) in [6, 6.07) is 8.44. The van der Waals surface area contributed by atoms with Gasteiger partial charge >= 0.3 is 6.09 Å². The fourth-order valence-electron chi connectivity index (χ4n) is 4.18. The van der Waals surface area contributed by atoms with Crippen molar-refractivity contribution < 1.29 is 9.53 Å². The minimum absolute atomic E-state index is 0. The van der Waals surface area contributed by atoms with Crippen molar-refractivity contribution in [3.05, 3.63) is 34.9 Å². The summed E-state index contributed by atoms with van der Waals surface area (Å²) in [7, 11) is 3.24. The highest BCUT2D eigenvalue weighted by atomic mass is 127. The van der Waals surface area contributed by atoms with Crippen LogP contribution in [0.2, 0.25) is 5.02 Å². The minimum atomic E-state index is -0.239. The van der Waals surface area contributed by atoms with E-state index < -0.39 is 0 Å². The Hall–Kier alpha value is -1.26. The van der Waals surface area contributed by atoms with Crippen LogP contribution in [-0.4, -0.2) is 74.8 Å². The van der Waals surface area contributed by atoms with E-state index in [9.17, 15) is 4.79 Å². The molecular weight excluding hydrogens is 529 g/mol. The number of halogens is 2. The van der Waals surface area contributed by atoms with Gasteiger partial charge in [-0.1, -0.05) is 29.8 Å². The molecule has 2 N–H and O–H groups in total. The summed E-state index contributed by atoms with van der Waals surface area (Å²) in [5, 5.41) is 7.86. The fraction of sp³-hybridized carbons (Fsp3) is 0.636. The number of hydrogen-bond donors (Lipinski definition) is 2. The number of piperidine rings is 2. The zero-order valence-electron chi connectivity index (χ0n) is 18.5. The number of nitrogens with zero attached hydrogens (tertiary/aromatic N) is 3. The predicted octanol–water partition coefficient (Wildman–Crippen LogP) is 3.57. The van der Waals surface area contributed by atoms with Gasteiger partial charge in [-0.15, -0.1) is 24.0 Å². The lowest BCUT2D eigenvalue weighted by Crippen LogP contribution is -2.50. The minimum Gasteiger partial charge on any atom is -0.453 e. The second kappa shape index (κ2) is 13.3. The molecule has 2 heterocycles. The SMILES string of the molecule is CN=C(NCC1CCN(Cc2ccccc2Cl)CC1)NC1CCN(C(=O)OC)CC1.I. The van der Waals surface area contributed by atoms with E-state index in [0.717, 1.165) is 50.0 Å². The van der Waals surface area contributed by atoms with Gasteiger partial charge in [0.25, 0.3) is 0 Å². The zero-order chi connectivity index (χ0) is 21.3. The molecule has 1 aromatic rings. The summed E-state index contributed by atoms with van der Waals surface area (Å²) in [6.45, 7) is 5.47. The van der Waals surface area contributed by atoms with Gasteiger partial charge in [-0.25, -0.2) is 4.79 Å². The van der Waals surface area contributed by atoms with Crippen LogP contribution < -0.4 is 10.6 Å². The van der Waals surface area contributed by atoms with Gasteiger partial charge in [0.05, 0.1) is 7.11 Å². The summed E-state index contributed by atoms with van der Waals surface area (Å²) in [4.78, 5) is 20.2. The summed E-state index contributed by atoms with van der Waals surface area (Å²) in [6.07, 6.45) is 3.90. The van der Waals surface area contributed by atoms with Crippen LogP contribution in [0.15, 0.2) is 29.3 Å². The van der Waals surface area contributed by atoms with Crippen LogP contribution in [-0.2, 0) is 11.3 Å². The Morgan fingerprint density at radius 3 is 2.45 bits per heavy atom. The molecule has 0 bridgehead atoms. The molecule has 174 valence electrons. The Balaban J connectivity index is 0.00000341. The van der Waals surface area contributed by atoms with Gasteiger partial charge in [0.15, 0.2) is 5.96 Å². The quantitative estimate of drug-likeness (QED) is 0.326. The number of ether oxygens (including phenoxy) is 1. The summed E-state index contributed by atoms with van der Waals surface area (Å²) >= 11 is 6.30. The maximum absolute atomic E-state index is 11.6. The van der Waals surface area contributed by atoms with E-state index in [4.69, 9.17) is 16.3 Å². The highest BCUT2D eigenvalue weighted by Gasteiger charge is 2.24. The van der Waals surface area contributed by atoms with Crippen LogP contribution in [0.25, 0.3) is 0 Å². The third kappa shape index (κ3) is 7.98. The van der Waals surface area contributed by atoms with Gasteiger partial charge in [0.2, 0.25) is 0 Å². The first-order valence-electron chi connectivity index (χ1n) is 10.8. The monoisotopic (exact) mass is 563 g/mol. The molecule has 1 amide bonds. The smallest absolute Gasteiger partial charge is 0.409 e. The molecule has 2 aliphatic rings. The first kappa shape index (κ1) is 26.0. The Kier molecular flexibility index (Phi) is 11.2. The van der Waals surface area contributed by atoms with E-state index in [0.29, 0.717) is 25.0 Å². The molecule has 2 fully saturated rings. The van der Waals surface area contributed by atoms with E-state index in [1.54, 1.807) is 4.90 Å². The molecule has 0 aliphatic carbocycles. The Morgan fingerprint density at radius 1 is 1.16 bits per heavy atom. The number of methoxy groups -OCH3 is 1. The van der Waals surface area contributed by atoms with Crippen LogP contribution in [0.4, 0.5) is 4.79 Å². The predicted molar refractivity (Wildman–Crippen MR) is 136 cm³/mol. The molecule has 1 aromatic carbocycles. The molecule has 0 spiro atoms. The molecule has 0 radical (unpaired) electrons. The Bertz CT molecular complexity index is 720. The van der Waals surface area contributed by atoms with E-state index >= 15 is 0 Å². The molecule has 0 aromatic heterocycles. The summed E-state index contributed by atoms with van der Waals surface area (Å²) in [5.41, 5.74) is 1.21. The maximum Gasteiger partial charge on any atom is 0.409 e. The Labute approximate surface area is 207 Å². The van der Waals surface area contributed by atoms with E-state index in [2.05, 4.69) is 32.7 Å². The van der Waals surface area contributed by atoms with Crippen LogP contribution in [0.1, 0.15) is 31.2 Å². The van der Waals surface area contributed by atoms with E-state index in [-0.39, 0.29) is 30.1 Å². The third-order valence-electron chi connectivity index (χ3n) is 6.11. The zero-order valence-corrected chi connectivity index (χ0v) is 21.6.